The zero-order valence-corrected chi connectivity index (χ0v) is 7.82. The van der Waals surface area contributed by atoms with E-state index >= 15 is 0 Å². The molecule has 1 aromatic heterocycles. The number of hydrogen-bond acceptors (Lipinski definition) is 4. The normalized spacial score (nSPS) is 14.8. The van der Waals surface area contributed by atoms with Crippen molar-refractivity contribution < 1.29 is 19.1 Å². The van der Waals surface area contributed by atoms with E-state index in [-0.39, 0.29) is 6.42 Å². The first kappa shape index (κ1) is 8.93. The van der Waals surface area contributed by atoms with Crippen molar-refractivity contribution in [3.63, 3.8) is 0 Å². The third-order valence-corrected chi connectivity index (χ3v) is 2.13. The highest BCUT2D eigenvalue weighted by molar-refractivity contribution is 5.70. The number of furan rings is 1. The topological polar surface area (TPSA) is 62.9 Å². The molecule has 0 bridgehead atoms. The Bertz CT molecular complexity index is 358. The third kappa shape index (κ3) is 1.53. The Labute approximate surface area is 80.9 Å². The molecule has 0 atom stereocenters. The monoisotopic (exact) mass is 197 g/mol. The Kier molecular flexibility index (Phi) is 2.07. The molecule has 0 saturated carbocycles. The Morgan fingerprint density at radius 3 is 3.14 bits per heavy atom. The van der Waals surface area contributed by atoms with Gasteiger partial charge < -0.3 is 19.2 Å². The summed E-state index contributed by atoms with van der Waals surface area (Å²) in [6.45, 7) is 1.36. The highest BCUT2D eigenvalue weighted by Crippen LogP contribution is 2.34. The fourth-order valence-corrected chi connectivity index (χ4v) is 1.41. The maximum atomic E-state index is 10.4. The van der Waals surface area contributed by atoms with Crippen LogP contribution in [0.1, 0.15) is 5.76 Å². The van der Waals surface area contributed by atoms with Gasteiger partial charge in [-0.3, -0.25) is 4.79 Å². The van der Waals surface area contributed by atoms with E-state index in [1.54, 1.807) is 6.07 Å². The van der Waals surface area contributed by atoms with Crippen LogP contribution in [0.25, 0.3) is 0 Å². The molecule has 0 aromatic carbocycles. The van der Waals surface area contributed by atoms with Gasteiger partial charge in [-0.05, 0) is 0 Å². The van der Waals surface area contributed by atoms with E-state index in [1.807, 2.05) is 11.9 Å². The van der Waals surface area contributed by atoms with Crippen molar-refractivity contribution in [3.05, 3.63) is 11.8 Å². The Morgan fingerprint density at radius 1 is 1.71 bits per heavy atom. The van der Waals surface area contributed by atoms with Crippen molar-refractivity contribution in [2.75, 3.05) is 25.1 Å². The number of likely N-dealkylation sites (N-methyl/N-ethyl adjacent to an activating group) is 1. The molecule has 0 unspecified atom stereocenters. The number of carbonyl (C=O) groups is 1. The van der Waals surface area contributed by atoms with Gasteiger partial charge in [-0.1, -0.05) is 0 Å². The van der Waals surface area contributed by atoms with E-state index in [4.69, 9.17) is 14.3 Å². The van der Waals surface area contributed by atoms with Gasteiger partial charge in [-0.15, -0.1) is 0 Å². The standard InChI is InChI=1S/C9H11NO4/c1-10-2-3-13-9-7(10)4-6(14-9)5-8(11)12/h4H,2-3,5H2,1H3,(H,11,12). The minimum Gasteiger partial charge on any atom is -0.481 e. The van der Waals surface area contributed by atoms with Crippen LogP contribution in [0.3, 0.4) is 0 Å². The van der Waals surface area contributed by atoms with Crippen molar-refractivity contribution in [1.29, 1.82) is 0 Å². The Morgan fingerprint density at radius 2 is 2.50 bits per heavy atom. The largest absolute Gasteiger partial charge is 0.481 e. The number of carboxylic acids is 1. The molecule has 1 aliphatic rings. The average Bonchev–Trinajstić information content (AvgIpc) is 2.47. The van der Waals surface area contributed by atoms with Crippen LogP contribution in [0.15, 0.2) is 10.5 Å². The molecule has 1 aliphatic heterocycles. The molecule has 0 radical (unpaired) electrons. The molecular formula is C9H11NO4. The minimum atomic E-state index is -0.904. The van der Waals surface area contributed by atoms with Crippen LogP contribution in [-0.4, -0.2) is 31.3 Å². The summed E-state index contributed by atoms with van der Waals surface area (Å²) in [5.41, 5.74) is 0.826. The van der Waals surface area contributed by atoms with Crippen LogP contribution in [0.4, 0.5) is 5.69 Å². The van der Waals surface area contributed by atoms with E-state index in [0.29, 0.717) is 18.3 Å². The molecule has 0 amide bonds. The smallest absolute Gasteiger partial charge is 0.311 e. The molecule has 0 fully saturated rings. The van der Waals surface area contributed by atoms with Crippen LogP contribution in [0.2, 0.25) is 0 Å². The molecule has 76 valence electrons. The molecule has 1 N–H and O–H groups in total. The van der Waals surface area contributed by atoms with Crippen molar-refractivity contribution in [2.24, 2.45) is 0 Å². The lowest BCUT2D eigenvalue weighted by Crippen LogP contribution is -2.27. The molecular weight excluding hydrogens is 186 g/mol. The third-order valence-electron chi connectivity index (χ3n) is 2.13. The molecule has 1 aromatic rings. The molecule has 5 nitrogen and oxygen atoms in total. The zero-order chi connectivity index (χ0) is 10.1. The second kappa shape index (κ2) is 3.25. The highest BCUT2D eigenvalue weighted by Gasteiger charge is 2.21. The van der Waals surface area contributed by atoms with Gasteiger partial charge >= 0.3 is 11.9 Å². The fourth-order valence-electron chi connectivity index (χ4n) is 1.41. The average molecular weight is 197 g/mol. The number of carboxylic acid groups (broad SMARTS) is 1. The maximum Gasteiger partial charge on any atom is 0.311 e. The molecule has 14 heavy (non-hydrogen) atoms. The van der Waals surface area contributed by atoms with Gasteiger partial charge in [0.1, 0.15) is 24.5 Å². The lowest BCUT2D eigenvalue weighted by Gasteiger charge is -2.22. The van der Waals surface area contributed by atoms with Crippen LogP contribution in [0.5, 0.6) is 5.95 Å². The van der Waals surface area contributed by atoms with Crippen molar-refractivity contribution >= 4 is 11.7 Å². The summed E-state index contributed by atoms with van der Waals surface area (Å²) < 4.78 is 10.5. The maximum absolute atomic E-state index is 10.4. The minimum absolute atomic E-state index is 0.107. The molecule has 2 rings (SSSR count). The number of aliphatic carboxylic acids is 1. The summed E-state index contributed by atoms with van der Waals surface area (Å²) in [6.07, 6.45) is -0.107. The summed E-state index contributed by atoms with van der Waals surface area (Å²) in [4.78, 5) is 12.4. The first-order chi connectivity index (χ1) is 6.66. The van der Waals surface area contributed by atoms with E-state index in [2.05, 4.69) is 0 Å². The summed E-state index contributed by atoms with van der Waals surface area (Å²) in [5, 5.41) is 8.58. The first-order valence-corrected chi connectivity index (χ1v) is 4.35. The number of hydrogen-bond donors (Lipinski definition) is 1. The predicted octanol–water partition coefficient (Wildman–Crippen LogP) is 0.735. The van der Waals surface area contributed by atoms with Crippen LogP contribution in [0, 0.1) is 0 Å². The Hall–Kier alpha value is -1.65. The van der Waals surface area contributed by atoms with Gasteiger partial charge in [0, 0.05) is 13.1 Å². The molecule has 0 saturated heterocycles. The first-order valence-electron chi connectivity index (χ1n) is 4.35. The van der Waals surface area contributed by atoms with Gasteiger partial charge in [0.2, 0.25) is 0 Å². The van der Waals surface area contributed by atoms with Gasteiger partial charge in [0.15, 0.2) is 0 Å². The number of fused-ring (bicyclic) bond motifs is 1. The van der Waals surface area contributed by atoms with Gasteiger partial charge in [-0.2, -0.15) is 0 Å². The predicted molar refractivity (Wildman–Crippen MR) is 48.8 cm³/mol. The summed E-state index contributed by atoms with van der Waals surface area (Å²) in [5.74, 6) is -0.0509. The van der Waals surface area contributed by atoms with E-state index < -0.39 is 5.97 Å². The molecule has 5 heteroatoms. The van der Waals surface area contributed by atoms with E-state index in [9.17, 15) is 4.79 Å². The fraction of sp³-hybridized carbons (Fsp3) is 0.444. The molecule has 2 heterocycles. The lowest BCUT2D eigenvalue weighted by atomic mass is 10.3. The van der Waals surface area contributed by atoms with Crippen molar-refractivity contribution in [1.82, 2.24) is 0 Å². The SMILES string of the molecule is CN1CCOc2oc(CC(=O)O)cc21. The zero-order valence-electron chi connectivity index (χ0n) is 7.82. The van der Waals surface area contributed by atoms with Crippen molar-refractivity contribution in [2.45, 2.75) is 6.42 Å². The van der Waals surface area contributed by atoms with Crippen LogP contribution < -0.4 is 9.64 Å². The van der Waals surface area contributed by atoms with E-state index in [1.165, 1.54) is 0 Å². The number of nitrogens with zero attached hydrogens (tertiary/aromatic N) is 1. The van der Waals surface area contributed by atoms with Gasteiger partial charge in [-0.25, -0.2) is 0 Å². The van der Waals surface area contributed by atoms with Gasteiger partial charge in [0.05, 0.1) is 6.54 Å². The second-order valence-corrected chi connectivity index (χ2v) is 3.23. The second-order valence-electron chi connectivity index (χ2n) is 3.23. The molecule has 0 aliphatic carbocycles. The number of rotatable bonds is 2. The van der Waals surface area contributed by atoms with Crippen molar-refractivity contribution in [3.8, 4) is 5.95 Å². The summed E-state index contributed by atoms with van der Waals surface area (Å²) in [7, 11) is 1.92. The number of ether oxygens (including phenoxy) is 1. The number of anilines is 1. The van der Waals surface area contributed by atoms with Gasteiger partial charge in [0.25, 0.3) is 0 Å². The summed E-state index contributed by atoms with van der Waals surface area (Å²) >= 11 is 0. The van der Waals surface area contributed by atoms with E-state index in [0.717, 1.165) is 12.2 Å². The highest BCUT2D eigenvalue weighted by atomic mass is 16.6. The quantitative estimate of drug-likeness (QED) is 0.757. The molecule has 0 spiro atoms. The van der Waals surface area contributed by atoms with Crippen LogP contribution in [-0.2, 0) is 11.2 Å². The van der Waals surface area contributed by atoms with Crippen LogP contribution >= 0.6 is 0 Å². The lowest BCUT2D eigenvalue weighted by molar-refractivity contribution is -0.136. The summed E-state index contributed by atoms with van der Waals surface area (Å²) in [6, 6.07) is 1.71. The Balaban J connectivity index is 2.26.